The van der Waals surface area contributed by atoms with Crippen molar-refractivity contribution in [3.63, 3.8) is 0 Å². The van der Waals surface area contributed by atoms with E-state index in [9.17, 15) is 24.3 Å². The zero-order chi connectivity index (χ0) is 33.5. The second-order valence-corrected chi connectivity index (χ2v) is 12.4. The summed E-state index contributed by atoms with van der Waals surface area (Å²) in [5, 5.41) is 17.8. The summed E-state index contributed by atoms with van der Waals surface area (Å²) in [7, 11) is 0. The second-order valence-electron chi connectivity index (χ2n) is 12.4. The van der Waals surface area contributed by atoms with Crippen molar-refractivity contribution in [3.05, 3.63) is 0 Å². The van der Waals surface area contributed by atoms with Crippen LogP contribution in [0.15, 0.2) is 0 Å². The van der Waals surface area contributed by atoms with E-state index in [1.54, 1.807) is 0 Å². The highest BCUT2D eigenvalue weighted by Crippen LogP contribution is 2.13. The van der Waals surface area contributed by atoms with Crippen molar-refractivity contribution in [1.82, 2.24) is 16.0 Å². The maximum atomic E-state index is 13.3. The number of rotatable bonds is 32. The molecule has 264 valence electrons. The average molecular weight is 641 g/mol. The Hall–Kier alpha value is -2.24. The molecule has 0 fully saturated rings. The Morgan fingerprint density at radius 1 is 0.489 bits per heavy atom. The van der Waals surface area contributed by atoms with Crippen molar-refractivity contribution >= 4 is 23.7 Å². The van der Waals surface area contributed by atoms with Gasteiger partial charge in [-0.1, -0.05) is 84.0 Å². The van der Waals surface area contributed by atoms with Crippen LogP contribution in [0.25, 0.3) is 0 Å². The lowest BCUT2D eigenvalue weighted by Gasteiger charge is -2.25. The van der Waals surface area contributed by atoms with Gasteiger partial charge in [-0.15, -0.1) is 0 Å². The zero-order valence-corrected chi connectivity index (χ0v) is 28.4. The maximum Gasteiger partial charge on any atom is 0.326 e. The first-order chi connectivity index (χ1) is 21.8. The number of unbranched alkanes of at least 4 members (excludes halogenated alkanes) is 15. The van der Waals surface area contributed by atoms with Crippen LogP contribution in [0.5, 0.6) is 0 Å². The monoisotopic (exact) mass is 641 g/mol. The summed E-state index contributed by atoms with van der Waals surface area (Å²) in [6, 6.07) is -2.80. The van der Waals surface area contributed by atoms with Crippen LogP contribution < -0.4 is 33.2 Å². The van der Waals surface area contributed by atoms with Crippen LogP contribution in [-0.2, 0) is 19.2 Å². The van der Waals surface area contributed by atoms with E-state index in [4.69, 9.17) is 17.2 Å². The number of nitrogens with one attached hydrogen (secondary N) is 3. The molecule has 3 atom stereocenters. The van der Waals surface area contributed by atoms with E-state index in [0.29, 0.717) is 77.4 Å². The highest BCUT2D eigenvalue weighted by molar-refractivity contribution is 5.93. The molecule has 0 aromatic heterocycles. The topological polar surface area (TPSA) is 203 Å². The Balaban J connectivity index is 4.83. The van der Waals surface area contributed by atoms with Crippen LogP contribution in [0.4, 0.5) is 0 Å². The van der Waals surface area contributed by atoms with Gasteiger partial charge >= 0.3 is 5.97 Å². The third-order valence-corrected chi connectivity index (χ3v) is 8.25. The zero-order valence-electron chi connectivity index (χ0n) is 28.4. The van der Waals surface area contributed by atoms with Gasteiger partial charge in [0.1, 0.15) is 18.1 Å². The number of carboxylic acid groups (broad SMARTS) is 1. The fourth-order valence-electron chi connectivity index (χ4n) is 5.39. The molecule has 10 N–H and O–H groups in total. The van der Waals surface area contributed by atoms with E-state index in [2.05, 4.69) is 22.9 Å². The predicted octanol–water partition coefficient (Wildman–Crippen LogP) is 4.39. The summed E-state index contributed by atoms with van der Waals surface area (Å²) in [6.07, 6.45) is 21.1. The summed E-state index contributed by atoms with van der Waals surface area (Å²) in [5.74, 6) is -2.32. The van der Waals surface area contributed by atoms with E-state index in [1.165, 1.54) is 64.2 Å². The van der Waals surface area contributed by atoms with Crippen molar-refractivity contribution in [3.8, 4) is 0 Å². The fourth-order valence-corrected chi connectivity index (χ4v) is 5.39. The molecule has 0 heterocycles. The Labute approximate surface area is 273 Å². The molecular formula is C34H68N6O5. The van der Waals surface area contributed by atoms with Crippen LogP contribution in [0.2, 0.25) is 0 Å². The van der Waals surface area contributed by atoms with Crippen LogP contribution >= 0.6 is 0 Å². The van der Waals surface area contributed by atoms with Gasteiger partial charge in [-0.2, -0.15) is 0 Å². The lowest BCUT2D eigenvalue weighted by molar-refractivity contribution is -0.142. The van der Waals surface area contributed by atoms with Gasteiger partial charge in [-0.25, -0.2) is 4.79 Å². The summed E-state index contributed by atoms with van der Waals surface area (Å²) in [6.45, 7) is 3.60. The van der Waals surface area contributed by atoms with Crippen molar-refractivity contribution < 1.29 is 24.3 Å². The van der Waals surface area contributed by atoms with Gasteiger partial charge in [0.05, 0.1) is 0 Å². The number of carboxylic acids is 1. The smallest absolute Gasteiger partial charge is 0.326 e. The highest BCUT2D eigenvalue weighted by Gasteiger charge is 2.29. The highest BCUT2D eigenvalue weighted by atomic mass is 16.4. The van der Waals surface area contributed by atoms with Crippen LogP contribution in [-0.4, -0.2) is 66.6 Å². The predicted molar refractivity (Wildman–Crippen MR) is 182 cm³/mol. The van der Waals surface area contributed by atoms with Crippen molar-refractivity contribution in [1.29, 1.82) is 0 Å². The molecule has 0 aromatic carbocycles. The van der Waals surface area contributed by atoms with E-state index in [1.807, 2.05) is 0 Å². The lowest BCUT2D eigenvalue weighted by atomic mass is 10.0. The summed E-state index contributed by atoms with van der Waals surface area (Å²) in [5.41, 5.74) is 16.8. The molecule has 3 amide bonds. The molecule has 0 saturated carbocycles. The number of carbonyl (C=O) groups excluding carboxylic acids is 3. The first-order valence-corrected chi connectivity index (χ1v) is 18.0. The average Bonchev–Trinajstić information content (AvgIpc) is 3.01. The van der Waals surface area contributed by atoms with Gasteiger partial charge < -0.3 is 38.3 Å². The number of hydrogen-bond donors (Lipinski definition) is 7. The number of hydrogen-bond acceptors (Lipinski definition) is 7. The van der Waals surface area contributed by atoms with E-state index < -0.39 is 35.9 Å². The molecule has 3 unspecified atom stereocenters. The second kappa shape index (κ2) is 30.4. The molecule has 0 spiro atoms. The molecule has 0 rings (SSSR count). The molecule has 0 bridgehead atoms. The molecule has 0 aliphatic carbocycles. The van der Waals surface area contributed by atoms with Gasteiger partial charge in [-0.3, -0.25) is 14.4 Å². The number of aliphatic carboxylic acids is 1. The molecule has 0 radical (unpaired) electrons. The lowest BCUT2D eigenvalue weighted by Crippen LogP contribution is -2.55. The molecule has 11 nitrogen and oxygen atoms in total. The molecule has 45 heavy (non-hydrogen) atoms. The molecule has 0 aromatic rings. The standard InChI is InChI=1S/C34H68N6O5/c1-2-3-4-5-6-7-8-9-10-11-12-13-14-24-31(41)38-28(21-15-18-25-35)32(42)39-29(22-16-19-26-36)33(43)40-30(34(44)45)23-17-20-27-37/h28-30H,2-27,35-37H2,1H3,(H,38,41)(H,39,42)(H,40,43)(H,44,45). The van der Waals surface area contributed by atoms with E-state index in [-0.39, 0.29) is 12.3 Å². The van der Waals surface area contributed by atoms with Gasteiger partial charge in [0.2, 0.25) is 17.7 Å². The van der Waals surface area contributed by atoms with Crippen LogP contribution in [0.3, 0.4) is 0 Å². The minimum atomic E-state index is -1.13. The van der Waals surface area contributed by atoms with Gasteiger partial charge in [0.15, 0.2) is 0 Å². The summed E-state index contributed by atoms with van der Waals surface area (Å²) < 4.78 is 0. The fraction of sp³-hybridized carbons (Fsp3) is 0.882. The van der Waals surface area contributed by atoms with Gasteiger partial charge in [0, 0.05) is 6.42 Å². The Morgan fingerprint density at radius 2 is 0.844 bits per heavy atom. The Morgan fingerprint density at radius 3 is 1.24 bits per heavy atom. The van der Waals surface area contributed by atoms with Crippen molar-refractivity contribution in [2.24, 2.45) is 17.2 Å². The maximum absolute atomic E-state index is 13.3. The first-order valence-electron chi connectivity index (χ1n) is 18.0. The van der Waals surface area contributed by atoms with E-state index >= 15 is 0 Å². The third kappa shape index (κ3) is 24.6. The first kappa shape index (κ1) is 42.8. The number of nitrogens with two attached hydrogens (primary N) is 3. The normalized spacial score (nSPS) is 13.2. The number of amides is 3. The quantitative estimate of drug-likeness (QED) is 0.0524. The number of carbonyl (C=O) groups is 4. The minimum absolute atomic E-state index is 0.180. The summed E-state index contributed by atoms with van der Waals surface area (Å²) in [4.78, 5) is 51.0. The molecule has 0 aliphatic heterocycles. The minimum Gasteiger partial charge on any atom is -0.480 e. The van der Waals surface area contributed by atoms with Crippen LogP contribution in [0.1, 0.15) is 155 Å². The van der Waals surface area contributed by atoms with Gasteiger partial charge in [0.25, 0.3) is 0 Å². The Kier molecular flexibility index (Phi) is 28.9. The van der Waals surface area contributed by atoms with Crippen molar-refractivity contribution in [2.45, 2.75) is 173 Å². The molecule has 0 saturated heterocycles. The van der Waals surface area contributed by atoms with Crippen molar-refractivity contribution in [2.75, 3.05) is 19.6 Å². The Bertz CT molecular complexity index is 769. The summed E-state index contributed by atoms with van der Waals surface area (Å²) >= 11 is 0. The SMILES string of the molecule is CCCCCCCCCCCCCCCC(=O)NC(CCCCN)C(=O)NC(CCCCN)C(=O)NC(CCCCN)C(=O)O. The van der Waals surface area contributed by atoms with Gasteiger partial charge in [-0.05, 0) is 83.8 Å². The third-order valence-electron chi connectivity index (χ3n) is 8.25. The largest absolute Gasteiger partial charge is 0.480 e. The molecule has 0 aliphatic rings. The van der Waals surface area contributed by atoms with E-state index in [0.717, 1.165) is 19.3 Å². The molecule has 11 heteroatoms. The molecular weight excluding hydrogens is 572 g/mol. The van der Waals surface area contributed by atoms with Crippen LogP contribution in [0, 0.1) is 0 Å².